The first-order valence-corrected chi connectivity index (χ1v) is 11.7. The first kappa shape index (κ1) is 20.9. The zero-order chi connectivity index (χ0) is 22.0. The molecule has 6 nitrogen and oxygen atoms in total. The number of nitrogens with zero attached hydrogens (tertiary/aromatic N) is 2. The van der Waals surface area contributed by atoms with Crippen LogP contribution in [0.1, 0.15) is 19.4 Å². The Morgan fingerprint density at radius 1 is 0.968 bits per heavy atom. The van der Waals surface area contributed by atoms with E-state index in [9.17, 15) is 8.42 Å². The first-order chi connectivity index (χ1) is 14.9. The molecule has 0 radical (unpaired) electrons. The Bertz CT molecular complexity index is 1270. The van der Waals surface area contributed by atoms with E-state index in [0.717, 1.165) is 35.4 Å². The number of rotatable bonds is 7. The minimum absolute atomic E-state index is 0.113. The van der Waals surface area contributed by atoms with Crippen molar-refractivity contribution < 1.29 is 12.6 Å². The van der Waals surface area contributed by atoms with Crippen LogP contribution in [-0.4, -0.2) is 31.5 Å². The van der Waals surface area contributed by atoms with Crippen LogP contribution in [0.3, 0.4) is 0 Å². The van der Waals surface area contributed by atoms with E-state index < -0.39 is 10.1 Å². The maximum absolute atomic E-state index is 13.0. The fourth-order valence-electron chi connectivity index (χ4n) is 3.51. The van der Waals surface area contributed by atoms with Crippen molar-refractivity contribution in [2.45, 2.75) is 25.7 Å². The number of hydrogen-bond donors (Lipinski definition) is 1. The predicted molar refractivity (Wildman–Crippen MR) is 124 cm³/mol. The number of benzene rings is 3. The van der Waals surface area contributed by atoms with Gasteiger partial charge in [0.15, 0.2) is 5.75 Å². The highest BCUT2D eigenvalue weighted by molar-refractivity contribution is 7.87. The summed E-state index contributed by atoms with van der Waals surface area (Å²) >= 11 is 0. The molecule has 0 amide bonds. The molecule has 0 aliphatic heterocycles. The summed E-state index contributed by atoms with van der Waals surface area (Å²) in [5.74, 6) is 0.797. The van der Waals surface area contributed by atoms with E-state index in [0.29, 0.717) is 11.4 Å². The van der Waals surface area contributed by atoms with Gasteiger partial charge in [-0.05, 0) is 57.2 Å². The van der Waals surface area contributed by atoms with Crippen LogP contribution in [0.4, 0.5) is 5.69 Å². The molecule has 0 aliphatic rings. The molecule has 3 aromatic carbocycles. The summed E-state index contributed by atoms with van der Waals surface area (Å²) in [4.78, 5) is 10.1. The summed E-state index contributed by atoms with van der Waals surface area (Å²) in [6.07, 6.45) is 0. The summed E-state index contributed by atoms with van der Waals surface area (Å²) < 4.78 is 31.7. The Labute approximate surface area is 182 Å². The molecule has 0 saturated heterocycles. The molecule has 0 spiro atoms. The third-order valence-corrected chi connectivity index (χ3v) is 6.50. The molecule has 7 heteroatoms. The highest BCUT2D eigenvalue weighted by Crippen LogP contribution is 2.35. The van der Waals surface area contributed by atoms with Crippen LogP contribution < -0.4 is 9.08 Å². The van der Waals surface area contributed by atoms with Gasteiger partial charge in [0.1, 0.15) is 10.7 Å². The summed E-state index contributed by atoms with van der Waals surface area (Å²) in [5.41, 5.74) is 4.13. The van der Waals surface area contributed by atoms with Crippen molar-refractivity contribution in [2.24, 2.45) is 0 Å². The maximum Gasteiger partial charge on any atom is 0.339 e. The number of aromatic amines is 1. The minimum Gasteiger partial charge on any atom is -0.378 e. The van der Waals surface area contributed by atoms with Gasteiger partial charge >= 0.3 is 10.1 Å². The van der Waals surface area contributed by atoms with Gasteiger partial charge in [-0.3, -0.25) is 0 Å². The number of hydrogen-bond acceptors (Lipinski definition) is 5. The summed E-state index contributed by atoms with van der Waals surface area (Å²) in [6.45, 7) is 7.61. The second-order valence-corrected chi connectivity index (χ2v) is 8.85. The van der Waals surface area contributed by atoms with E-state index >= 15 is 0 Å². The number of imidazole rings is 1. The van der Waals surface area contributed by atoms with Gasteiger partial charge in [0.05, 0.1) is 16.6 Å². The van der Waals surface area contributed by atoms with Crippen LogP contribution in [0.5, 0.6) is 5.75 Å². The van der Waals surface area contributed by atoms with Crippen LogP contribution in [0, 0.1) is 6.92 Å². The molecule has 0 aliphatic carbocycles. The SMILES string of the molecule is CCN(CC)c1ccc(-c2nc3ccccc3[nH]2)c(OS(=O)(=O)c2ccc(C)cc2)c1. The Balaban J connectivity index is 1.82. The predicted octanol–water partition coefficient (Wildman–Crippen LogP) is 5.15. The molecule has 1 heterocycles. The Morgan fingerprint density at radius 2 is 1.68 bits per heavy atom. The molecule has 0 bridgehead atoms. The van der Waals surface area contributed by atoms with Crippen molar-refractivity contribution in [3.63, 3.8) is 0 Å². The Morgan fingerprint density at radius 3 is 2.35 bits per heavy atom. The number of para-hydroxylation sites is 2. The van der Waals surface area contributed by atoms with Crippen LogP contribution in [0.25, 0.3) is 22.4 Å². The van der Waals surface area contributed by atoms with Crippen LogP contribution >= 0.6 is 0 Å². The molecule has 0 fully saturated rings. The van der Waals surface area contributed by atoms with Crippen molar-refractivity contribution in [1.82, 2.24) is 9.97 Å². The lowest BCUT2D eigenvalue weighted by Gasteiger charge is -2.22. The van der Waals surface area contributed by atoms with Crippen molar-refractivity contribution in [3.05, 3.63) is 72.3 Å². The highest BCUT2D eigenvalue weighted by atomic mass is 32.2. The van der Waals surface area contributed by atoms with Gasteiger partial charge in [0, 0.05) is 24.8 Å². The number of nitrogens with one attached hydrogen (secondary N) is 1. The number of aromatic nitrogens is 2. The van der Waals surface area contributed by atoms with Gasteiger partial charge in [0.2, 0.25) is 0 Å². The lowest BCUT2D eigenvalue weighted by Crippen LogP contribution is -2.22. The molecule has 1 N–H and O–H groups in total. The fourth-order valence-corrected chi connectivity index (χ4v) is 4.45. The second kappa shape index (κ2) is 8.43. The number of H-pyrrole nitrogens is 1. The van der Waals surface area contributed by atoms with E-state index in [1.165, 1.54) is 0 Å². The van der Waals surface area contributed by atoms with Gasteiger partial charge < -0.3 is 14.1 Å². The molecule has 1 aromatic heterocycles. The molecule has 31 heavy (non-hydrogen) atoms. The summed E-state index contributed by atoms with van der Waals surface area (Å²) in [5, 5.41) is 0. The van der Waals surface area contributed by atoms with E-state index in [-0.39, 0.29) is 10.6 Å². The maximum atomic E-state index is 13.0. The zero-order valence-corrected chi connectivity index (χ0v) is 18.6. The van der Waals surface area contributed by atoms with Gasteiger partial charge in [0.25, 0.3) is 0 Å². The van der Waals surface area contributed by atoms with Crippen molar-refractivity contribution in [2.75, 3.05) is 18.0 Å². The van der Waals surface area contributed by atoms with Crippen molar-refractivity contribution >= 4 is 26.8 Å². The molecule has 0 atom stereocenters. The highest BCUT2D eigenvalue weighted by Gasteiger charge is 2.21. The fraction of sp³-hybridized carbons (Fsp3) is 0.208. The van der Waals surface area contributed by atoms with E-state index in [2.05, 4.69) is 28.7 Å². The number of fused-ring (bicyclic) bond motifs is 1. The largest absolute Gasteiger partial charge is 0.378 e. The van der Waals surface area contributed by atoms with E-state index in [1.807, 2.05) is 43.3 Å². The molecular weight excluding hydrogens is 410 g/mol. The quantitative estimate of drug-likeness (QED) is 0.406. The average Bonchev–Trinajstić information content (AvgIpc) is 3.19. The summed E-state index contributed by atoms with van der Waals surface area (Å²) in [6, 6.07) is 19.9. The molecule has 0 unspecified atom stereocenters. The Kier molecular flexibility index (Phi) is 5.69. The van der Waals surface area contributed by atoms with Gasteiger partial charge in [-0.1, -0.05) is 29.8 Å². The molecular formula is C24H25N3O3S. The van der Waals surface area contributed by atoms with Gasteiger partial charge in [-0.25, -0.2) is 4.98 Å². The molecule has 160 valence electrons. The monoisotopic (exact) mass is 435 g/mol. The number of aryl methyl sites for hydroxylation is 1. The smallest absolute Gasteiger partial charge is 0.339 e. The summed E-state index contributed by atoms with van der Waals surface area (Å²) in [7, 11) is -4.01. The number of anilines is 1. The van der Waals surface area contributed by atoms with Crippen molar-refractivity contribution in [3.8, 4) is 17.1 Å². The van der Waals surface area contributed by atoms with E-state index in [4.69, 9.17) is 4.18 Å². The van der Waals surface area contributed by atoms with E-state index in [1.54, 1.807) is 30.3 Å². The van der Waals surface area contributed by atoms with Crippen LogP contribution in [0.15, 0.2) is 71.6 Å². The molecule has 4 aromatic rings. The normalized spacial score (nSPS) is 11.6. The third kappa shape index (κ3) is 4.27. The van der Waals surface area contributed by atoms with Crippen LogP contribution in [0.2, 0.25) is 0 Å². The zero-order valence-electron chi connectivity index (χ0n) is 17.8. The van der Waals surface area contributed by atoms with Crippen LogP contribution in [-0.2, 0) is 10.1 Å². The molecule has 0 saturated carbocycles. The minimum atomic E-state index is -4.01. The third-order valence-electron chi connectivity index (χ3n) is 5.25. The lowest BCUT2D eigenvalue weighted by atomic mass is 10.1. The standard InChI is InChI=1S/C24H25N3O3S/c1-4-27(5-2)18-12-15-20(24-25-21-8-6-7-9-22(21)26-24)23(16-18)30-31(28,29)19-13-10-17(3)11-14-19/h6-16H,4-5H2,1-3H3,(H,25,26). The lowest BCUT2D eigenvalue weighted by molar-refractivity contribution is 0.486. The second-order valence-electron chi connectivity index (χ2n) is 7.31. The van der Waals surface area contributed by atoms with Gasteiger partial charge in [-0.2, -0.15) is 8.42 Å². The van der Waals surface area contributed by atoms with Gasteiger partial charge in [-0.15, -0.1) is 0 Å². The first-order valence-electron chi connectivity index (χ1n) is 10.3. The van der Waals surface area contributed by atoms with Crippen molar-refractivity contribution in [1.29, 1.82) is 0 Å². The Hall–Kier alpha value is -3.32. The topological polar surface area (TPSA) is 75.3 Å². The molecule has 4 rings (SSSR count). The average molecular weight is 436 g/mol.